The van der Waals surface area contributed by atoms with E-state index in [4.69, 9.17) is 10.4 Å². The van der Waals surface area contributed by atoms with Crippen molar-refractivity contribution in [2.45, 2.75) is 89.3 Å². The van der Waals surface area contributed by atoms with Gasteiger partial charge in [-0.15, -0.1) is 0 Å². The van der Waals surface area contributed by atoms with E-state index in [0.717, 1.165) is 24.0 Å². The Hall–Kier alpha value is -2.63. The van der Waals surface area contributed by atoms with E-state index in [0.29, 0.717) is 51.5 Å². The Balaban J connectivity index is 1.30. The highest BCUT2D eigenvalue weighted by Crippen LogP contribution is 2.38. The number of aliphatic hydroxyl groups is 3. The molecule has 1 saturated carbocycles. The largest absolute Gasteiger partial charge is 0.393 e. The molecule has 0 radical (unpaired) electrons. The second kappa shape index (κ2) is 17.2. The number of rotatable bonds is 17. The van der Waals surface area contributed by atoms with Gasteiger partial charge < -0.3 is 20.6 Å². The fraction of sp³-hybridized carbons (Fsp3) is 0.516. The molecule has 1 amide bonds. The zero-order valence-electron chi connectivity index (χ0n) is 23.0. The number of hydrogen-bond donors (Lipinski definition) is 6. The Bertz CT molecular complexity index is 1020. The third-order valence-corrected chi connectivity index (χ3v) is 7.67. The molecule has 220 valence electrons. The molecule has 0 aromatic heterocycles. The van der Waals surface area contributed by atoms with Crippen molar-refractivity contribution in [2.75, 3.05) is 0 Å². The van der Waals surface area contributed by atoms with E-state index >= 15 is 0 Å². The third kappa shape index (κ3) is 11.5. The second-order valence-electron chi connectivity index (χ2n) is 10.7. The first-order valence-electron chi connectivity index (χ1n) is 14.2. The lowest BCUT2D eigenvalue weighted by Gasteiger charge is -2.23. The molecule has 0 heterocycles. The number of nitrogens with one attached hydrogen (secondary N) is 1. The number of allylic oxidation sites excluding steroid dienone is 2. The summed E-state index contributed by atoms with van der Waals surface area (Å²) in [6.07, 6.45) is 8.30. The molecule has 2 aromatic rings. The minimum Gasteiger partial charge on any atom is -0.393 e. The monoisotopic (exact) mass is 556 g/mol. The lowest BCUT2D eigenvalue weighted by atomic mass is 9.85. The van der Waals surface area contributed by atoms with E-state index in [-0.39, 0.29) is 29.7 Å². The first kappa shape index (κ1) is 31.9. The smallest absolute Gasteiger partial charge is 0.220 e. The van der Waals surface area contributed by atoms with E-state index in [1.807, 2.05) is 42.5 Å². The molecular weight excluding hydrogens is 512 g/mol. The molecule has 40 heavy (non-hydrogen) atoms. The van der Waals surface area contributed by atoms with Crippen LogP contribution in [0.4, 0.5) is 0 Å². The molecule has 9 nitrogen and oxygen atoms in total. The summed E-state index contributed by atoms with van der Waals surface area (Å²) < 4.78 is 0. The van der Waals surface area contributed by atoms with Gasteiger partial charge in [0.05, 0.1) is 30.3 Å². The number of aliphatic hydroxyl groups excluding tert-OH is 3. The van der Waals surface area contributed by atoms with Gasteiger partial charge in [-0.1, -0.05) is 66.7 Å². The van der Waals surface area contributed by atoms with Gasteiger partial charge in [-0.2, -0.15) is 0 Å². The van der Waals surface area contributed by atoms with Gasteiger partial charge in [-0.05, 0) is 79.9 Å². The van der Waals surface area contributed by atoms with Crippen molar-refractivity contribution in [1.82, 2.24) is 10.7 Å². The zero-order chi connectivity index (χ0) is 28.7. The van der Waals surface area contributed by atoms with Crippen LogP contribution in [0.15, 0.2) is 66.7 Å². The fourth-order valence-electron chi connectivity index (χ4n) is 5.34. The molecule has 1 aliphatic rings. The zero-order valence-corrected chi connectivity index (χ0v) is 23.0. The number of carbonyl (C=O) groups is 1. The molecule has 0 saturated heterocycles. The van der Waals surface area contributed by atoms with Gasteiger partial charge in [0.1, 0.15) is 0 Å². The highest BCUT2D eigenvalue weighted by atomic mass is 17.1. The van der Waals surface area contributed by atoms with E-state index in [1.54, 1.807) is 12.1 Å². The van der Waals surface area contributed by atoms with Crippen LogP contribution in [0.3, 0.4) is 0 Å². The molecule has 0 unspecified atom stereocenters. The molecule has 2 aromatic carbocycles. The van der Waals surface area contributed by atoms with Crippen LogP contribution in [-0.4, -0.2) is 55.3 Å². The number of unbranched alkanes of at least 4 members (excludes halogenated alkanes) is 1. The van der Waals surface area contributed by atoms with Crippen molar-refractivity contribution in [3.63, 3.8) is 0 Å². The van der Waals surface area contributed by atoms with Gasteiger partial charge in [-0.3, -0.25) is 15.2 Å². The Labute approximate surface area is 236 Å². The summed E-state index contributed by atoms with van der Waals surface area (Å²) in [6, 6.07) is 17.4. The normalized spacial score (nSPS) is 21.8. The summed E-state index contributed by atoms with van der Waals surface area (Å²) >= 11 is 0. The van der Waals surface area contributed by atoms with E-state index in [2.05, 4.69) is 22.3 Å². The van der Waals surface area contributed by atoms with Crippen molar-refractivity contribution in [2.24, 2.45) is 11.8 Å². The van der Waals surface area contributed by atoms with Gasteiger partial charge in [-0.25, -0.2) is 4.84 Å². The number of amides is 1. The number of benzene rings is 2. The summed E-state index contributed by atoms with van der Waals surface area (Å²) in [5.74, 6) is -0.0882. The Morgan fingerprint density at radius 1 is 0.950 bits per heavy atom. The standard InChI is InChI=1S/C31H44N2O7/c34-26(17-16-23-8-4-3-5-9-23)18-19-28-27(29(35)20-30(28)36)10-6-1-2-7-11-31(37)32-21-24-12-14-25(15-13-24)22-40-33(38)39/h1,3-6,8-9,12-15,26-30,34-36,38-39H,2,7,10-11,16-22H2,(H,32,37)/b6-1-/t26-,27+,28+,29-,30+/m0/s1. The molecule has 6 N–H and O–H groups in total. The molecule has 5 atom stereocenters. The maximum absolute atomic E-state index is 12.2. The van der Waals surface area contributed by atoms with E-state index in [9.17, 15) is 20.1 Å². The van der Waals surface area contributed by atoms with E-state index in [1.165, 1.54) is 5.56 Å². The van der Waals surface area contributed by atoms with Gasteiger partial charge in [0.25, 0.3) is 0 Å². The number of hydrogen-bond acceptors (Lipinski definition) is 8. The van der Waals surface area contributed by atoms with Crippen LogP contribution in [-0.2, 0) is 29.2 Å². The highest BCUT2D eigenvalue weighted by molar-refractivity contribution is 5.75. The second-order valence-corrected chi connectivity index (χ2v) is 10.7. The number of carbonyl (C=O) groups excluding carboxylic acids is 1. The summed E-state index contributed by atoms with van der Waals surface area (Å²) in [4.78, 5) is 16.7. The van der Waals surface area contributed by atoms with Crippen LogP contribution in [0.25, 0.3) is 0 Å². The summed E-state index contributed by atoms with van der Waals surface area (Å²) in [5, 5.41) is 51.2. The SMILES string of the molecule is O=C(CCC/C=C\C[C@@H]1[C@@H](CC[C@@H](O)CCc2ccccc2)[C@H](O)C[C@@H]1O)NCc1ccc(CON(O)O)cc1. The maximum atomic E-state index is 12.2. The van der Waals surface area contributed by atoms with Crippen LogP contribution in [0.2, 0.25) is 0 Å². The van der Waals surface area contributed by atoms with Gasteiger partial charge in [0.15, 0.2) is 0 Å². The summed E-state index contributed by atoms with van der Waals surface area (Å²) in [5.41, 5.74) is 2.89. The fourth-order valence-corrected chi connectivity index (χ4v) is 5.34. The average Bonchev–Trinajstić information content (AvgIpc) is 3.22. The average molecular weight is 557 g/mol. The number of nitrogens with zero attached hydrogens (tertiary/aromatic N) is 1. The van der Waals surface area contributed by atoms with Crippen LogP contribution in [0.1, 0.15) is 68.1 Å². The van der Waals surface area contributed by atoms with Crippen LogP contribution in [0, 0.1) is 11.8 Å². The molecule has 1 aliphatic carbocycles. The highest BCUT2D eigenvalue weighted by Gasteiger charge is 2.40. The summed E-state index contributed by atoms with van der Waals surface area (Å²) in [7, 11) is 0. The predicted octanol–water partition coefficient (Wildman–Crippen LogP) is 4.06. The molecule has 0 spiro atoms. The van der Waals surface area contributed by atoms with Gasteiger partial charge >= 0.3 is 0 Å². The van der Waals surface area contributed by atoms with Gasteiger partial charge in [0.2, 0.25) is 5.91 Å². The Kier molecular flexibility index (Phi) is 13.7. The lowest BCUT2D eigenvalue weighted by molar-refractivity contribution is -0.497. The molecule has 0 aliphatic heterocycles. The minimum absolute atomic E-state index is 0.0203. The molecule has 0 bridgehead atoms. The summed E-state index contributed by atoms with van der Waals surface area (Å²) in [6.45, 7) is 0.429. The third-order valence-electron chi connectivity index (χ3n) is 7.67. The van der Waals surface area contributed by atoms with Crippen molar-refractivity contribution >= 4 is 5.91 Å². The van der Waals surface area contributed by atoms with Crippen molar-refractivity contribution < 1.29 is 35.4 Å². The Morgan fingerprint density at radius 2 is 1.65 bits per heavy atom. The quantitative estimate of drug-likeness (QED) is 0.0973. The molecular formula is C31H44N2O7. The predicted molar refractivity (Wildman–Crippen MR) is 150 cm³/mol. The molecule has 1 fully saturated rings. The Morgan fingerprint density at radius 3 is 2.38 bits per heavy atom. The van der Waals surface area contributed by atoms with E-state index < -0.39 is 18.3 Å². The molecule has 3 rings (SSSR count). The van der Waals surface area contributed by atoms with Crippen molar-refractivity contribution in [3.05, 3.63) is 83.4 Å². The van der Waals surface area contributed by atoms with Crippen LogP contribution in [0.5, 0.6) is 0 Å². The van der Waals surface area contributed by atoms with Crippen molar-refractivity contribution in [1.29, 1.82) is 0 Å². The number of aryl methyl sites for hydroxylation is 1. The topological polar surface area (TPSA) is 143 Å². The first-order valence-corrected chi connectivity index (χ1v) is 14.2. The maximum Gasteiger partial charge on any atom is 0.220 e. The van der Waals surface area contributed by atoms with Crippen LogP contribution < -0.4 is 5.32 Å². The first-order chi connectivity index (χ1) is 19.3. The lowest BCUT2D eigenvalue weighted by Crippen LogP contribution is -2.23. The minimum atomic E-state index is -0.547. The van der Waals surface area contributed by atoms with Gasteiger partial charge in [0, 0.05) is 13.0 Å². The molecule has 9 heteroatoms. The van der Waals surface area contributed by atoms with Crippen LogP contribution >= 0.6 is 0 Å². The van der Waals surface area contributed by atoms with Crippen molar-refractivity contribution in [3.8, 4) is 0 Å².